The third kappa shape index (κ3) is 4.93. The fourth-order valence-electron chi connectivity index (χ4n) is 1.65. The second kappa shape index (κ2) is 8.09. The van der Waals surface area contributed by atoms with Gasteiger partial charge >= 0.3 is 11.8 Å². The van der Waals surface area contributed by atoms with Gasteiger partial charge in [0, 0.05) is 4.90 Å². The monoisotopic (exact) mass is 331 g/mol. The van der Waals surface area contributed by atoms with Crippen molar-refractivity contribution in [1.82, 2.24) is 5.43 Å². The summed E-state index contributed by atoms with van der Waals surface area (Å²) in [6.07, 6.45) is 3.38. The average molecular weight is 331 g/mol. The first-order valence-electron chi connectivity index (χ1n) is 6.63. The molecule has 0 radical (unpaired) electrons. The van der Waals surface area contributed by atoms with Crippen molar-refractivity contribution in [2.75, 3.05) is 11.6 Å². The Morgan fingerprint density at radius 2 is 1.78 bits per heavy atom. The molecule has 0 atom stereocenters. The summed E-state index contributed by atoms with van der Waals surface area (Å²) < 4.78 is 13.4. The number of halogens is 1. The van der Waals surface area contributed by atoms with Crippen molar-refractivity contribution in [3.05, 3.63) is 59.9 Å². The number of amides is 2. The Balaban J connectivity index is 1.89. The highest BCUT2D eigenvalue weighted by Crippen LogP contribution is 2.14. The van der Waals surface area contributed by atoms with Gasteiger partial charge in [-0.15, -0.1) is 11.8 Å². The molecule has 0 spiro atoms. The number of nitrogens with zero attached hydrogens (tertiary/aromatic N) is 1. The van der Waals surface area contributed by atoms with Crippen LogP contribution in [0.4, 0.5) is 10.1 Å². The maximum absolute atomic E-state index is 13.4. The lowest BCUT2D eigenvalue weighted by molar-refractivity contribution is -0.136. The van der Waals surface area contributed by atoms with Crippen molar-refractivity contribution in [2.24, 2.45) is 5.10 Å². The molecule has 0 aliphatic heterocycles. The highest BCUT2D eigenvalue weighted by atomic mass is 32.2. The largest absolute Gasteiger partial charge is 0.329 e. The van der Waals surface area contributed by atoms with E-state index in [1.165, 1.54) is 24.4 Å². The van der Waals surface area contributed by atoms with Crippen LogP contribution in [0.25, 0.3) is 0 Å². The summed E-state index contributed by atoms with van der Waals surface area (Å²) in [4.78, 5) is 24.3. The van der Waals surface area contributed by atoms with Crippen LogP contribution in [0, 0.1) is 5.82 Å². The smallest absolute Gasteiger partial charge is 0.315 e. The molecule has 118 valence electrons. The molecule has 0 fully saturated rings. The van der Waals surface area contributed by atoms with E-state index in [2.05, 4.69) is 15.8 Å². The van der Waals surface area contributed by atoms with Crippen molar-refractivity contribution in [1.29, 1.82) is 0 Å². The summed E-state index contributed by atoms with van der Waals surface area (Å²) in [7, 11) is 0. The van der Waals surface area contributed by atoms with E-state index in [0.717, 1.165) is 10.5 Å². The summed E-state index contributed by atoms with van der Waals surface area (Å²) in [5.41, 5.74) is 2.80. The minimum Gasteiger partial charge on any atom is -0.315 e. The SMILES string of the molecule is CSc1ccc(/C=N\NC(=O)C(=O)Nc2ccccc2F)cc1. The van der Waals surface area contributed by atoms with Crippen molar-refractivity contribution < 1.29 is 14.0 Å². The lowest BCUT2D eigenvalue weighted by Crippen LogP contribution is -2.32. The average Bonchev–Trinajstić information content (AvgIpc) is 2.57. The predicted octanol–water partition coefficient (Wildman–Crippen LogP) is 2.64. The number of rotatable bonds is 4. The van der Waals surface area contributed by atoms with E-state index < -0.39 is 17.6 Å². The number of thioether (sulfide) groups is 1. The fraction of sp³-hybridized carbons (Fsp3) is 0.0625. The van der Waals surface area contributed by atoms with Gasteiger partial charge in [-0.05, 0) is 36.1 Å². The van der Waals surface area contributed by atoms with Crippen LogP contribution in [0.1, 0.15) is 5.56 Å². The third-order valence-corrected chi connectivity index (χ3v) is 3.57. The first-order chi connectivity index (χ1) is 11.1. The molecule has 2 aromatic carbocycles. The van der Waals surface area contributed by atoms with Crippen LogP contribution in [-0.4, -0.2) is 24.3 Å². The fourth-order valence-corrected chi connectivity index (χ4v) is 2.06. The van der Waals surface area contributed by atoms with Gasteiger partial charge in [0.25, 0.3) is 0 Å². The van der Waals surface area contributed by atoms with E-state index in [4.69, 9.17) is 0 Å². The second-order valence-electron chi connectivity index (χ2n) is 4.41. The molecule has 2 amide bonds. The zero-order chi connectivity index (χ0) is 16.7. The Labute approximate surface area is 137 Å². The molecule has 0 bridgehead atoms. The molecule has 0 unspecified atom stereocenters. The van der Waals surface area contributed by atoms with Crippen molar-refractivity contribution in [3.63, 3.8) is 0 Å². The topological polar surface area (TPSA) is 70.6 Å². The predicted molar refractivity (Wildman–Crippen MR) is 89.0 cm³/mol. The molecule has 0 saturated heterocycles. The molecular formula is C16H14FN3O2S. The van der Waals surface area contributed by atoms with Crippen LogP contribution in [0.2, 0.25) is 0 Å². The summed E-state index contributed by atoms with van der Waals surface area (Å²) in [5, 5.41) is 5.87. The van der Waals surface area contributed by atoms with Gasteiger partial charge in [0.05, 0.1) is 11.9 Å². The van der Waals surface area contributed by atoms with Gasteiger partial charge in [0.2, 0.25) is 0 Å². The van der Waals surface area contributed by atoms with Gasteiger partial charge in [0.1, 0.15) is 5.82 Å². The lowest BCUT2D eigenvalue weighted by Gasteiger charge is -2.04. The molecule has 0 saturated carbocycles. The van der Waals surface area contributed by atoms with Gasteiger partial charge < -0.3 is 5.32 Å². The number of carbonyl (C=O) groups excluding carboxylic acids is 2. The van der Waals surface area contributed by atoms with E-state index in [-0.39, 0.29) is 5.69 Å². The lowest BCUT2D eigenvalue weighted by atomic mass is 10.2. The van der Waals surface area contributed by atoms with Crippen LogP contribution < -0.4 is 10.7 Å². The summed E-state index contributed by atoms with van der Waals surface area (Å²) >= 11 is 1.61. The Morgan fingerprint density at radius 1 is 1.09 bits per heavy atom. The van der Waals surface area contributed by atoms with Crippen LogP contribution in [-0.2, 0) is 9.59 Å². The Morgan fingerprint density at radius 3 is 2.43 bits per heavy atom. The van der Waals surface area contributed by atoms with Gasteiger partial charge in [-0.3, -0.25) is 9.59 Å². The molecule has 0 heterocycles. The Kier molecular flexibility index (Phi) is 5.87. The summed E-state index contributed by atoms with van der Waals surface area (Å²) in [6.45, 7) is 0. The first kappa shape index (κ1) is 16.7. The normalized spacial score (nSPS) is 10.5. The van der Waals surface area contributed by atoms with Crippen LogP contribution in [0.15, 0.2) is 58.5 Å². The highest BCUT2D eigenvalue weighted by Gasteiger charge is 2.14. The van der Waals surface area contributed by atoms with E-state index >= 15 is 0 Å². The molecule has 7 heteroatoms. The number of nitrogens with one attached hydrogen (secondary N) is 2. The molecule has 0 aromatic heterocycles. The minimum absolute atomic E-state index is 0.0655. The van der Waals surface area contributed by atoms with Crippen LogP contribution in [0.5, 0.6) is 0 Å². The van der Waals surface area contributed by atoms with E-state index in [1.54, 1.807) is 17.8 Å². The maximum atomic E-state index is 13.4. The molecule has 23 heavy (non-hydrogen) atoms. The number of hydrogen-bond acceptors (Lipinski definition) is 4. The highest BCUT2D eigenvalue weighted by molar-refractivity contribution is 7.98. The van der Waals surface area contributed by atoms with Crippen LogP contribution >= 0.6 is 11.8 Å². The maximum Gasteiger partial charge on any atom is 0.329 e. The summed E-state index contributed by atoms with van der Waals surface area (Å²) in [5.74, 6) is -2.60. The van der Waals surface area contributed by atoms with Crippen LogP contribution in [0.3, 0.4) is 0 Å². The number of carbonyl (C=O) groups is 2. The van der Waals surface area contributed by atoms with E-state index in [1.807, 2.05) is 30.5 Å². The number of hydrogen-bond donors (Lipinski definition) is 2. The van der Waals surface area contributed by atoms with Crippen molar-refractivity contribution in [2.45, 2.75) is 4.90 Å². The van der Waals surface area contributed by atoms with Crippen molar-refractivity contribution >= 4 is 35.5 Å². The number of benzene rings is 2. The van der Waals surface area contributed by atoms with Gasteiger partial charge in [-0.25, -0.2) is 9.82 Å². The molecule has 2 aromatic rings. The molecule has 0 aliphatic carbocycles. The molecule has 5 nitrogen and oxygen atoms in total. The molecule has 2 N–H and O–H groups in total. The number of para-hydroxylation sites is 1. The Hall–Kier alpha value is -2.67. The second-order valence-corrected chi connectivity index (χ2v) is 5.29. The standard InChI is InChI=1S/C16H14FN3O2S/c1-23-12-8-6-11(7-9-12)10-18-20-16(22)15(21)19-14-5-3-2-4-13(14)17/h2-10H,1H3,(H,19,21)(H,20,22)/b18-10-. The molecular weight excluding hydrogens is 317 g/mol. The summed E-state index contributed by atoms with van der Waals surface area (Å²) in [6, 6.07) is 13.1. The number of hydrazone groups is 1. The zero-order valence-corrected chi connectivity index (χ0v) is 13.1. The number of anilines is 1. The minimum atomic E-state index is -0.995. The molecule has 0 aliphatic rings. The van der Waals surface area contributed by atoms with Crippen molar-refractivity contribution in [3.8, 4) is 0 Å². The molecule has 2 rings (SSSR count). The van der Waals surface area contributed by atoms with E-state index in [0.29, 0.717) is 0 Å². The zero-order valence-electron chi connectivity index (χ0n) is 12.2. The van der Waals surface area contributed by atoms with Gasteiger partial charge in [-0.2, -0.15) is 5.10 Å². The van der Waals surface area contributed by atoms with Gasteiger partial charge in [-0.1, -0.05) is 24.3 Å². The van der Waals surface area contributed by atoms with E-state index in [9.17, 15) is 14.0 Å². The quantitative estimate of drug-likeness (QED) is 0.392. The third-order valence-electron chi connectivity index (χ3n) is 2.82. The van der Waals surface area contributed by atoms with Gasteiger partial charge in [0.15, 0.2) is 0 Å². The Bertz CT molecular complexity index is 732. The first-order valence-corrected chi connectivity index (χ1v) is 7.85.